The molecule has 3 rings (SSSR count). The number of nitrogens with one attached hydrogen (secondary N) is 1. The van der Waals surface area contributed by atoms with Gasteiger partial charge in [0.05, 0.1) is 17.4 Å². The van der Waals surface area contributed by atoms with Crippen LogP contribution in [-0.4, -0.2) is 13.3 Å². The summed E-state index contributed by atoms with van der Waals surface area (Å²) in [7, 11) is -3.58. The number of aromatic nitrogens is 2. The summed E-state index contributed by atoms with van der Waals surface area (Å²) in [6.07, 6.45) is 3.70. The molecule has 1 heterocycles. The summed E-state index contributed by atoms with van der Waals surface area (Å²) in [4.78, 5) is 0. The molecule has 0 radical (unpaired) electrons. The summed E-state index contributed by atoms with van der Waals surface area (Å²) < 4.78 is 36.4. The van der Waals surface area contributed by atoms with Crippen molar-refractivity contribution in [2.24, 2.45) is 5.92 Å². The second-order valence-corrected chi connectivity index (χ2v) is 7.52. The van der Waals surface area contributed by atoms with E-state index in [1.54, 1.807) is 12.1 Å². The summed E-state index contributed by atoms with van der Waals surface area (Å²) in [6, 6.07) is 7.27. The largest absolute Gasteiger partial charge is 0.593 e. The Morgan fingerprint density at radius 2 is 2.00 bits per heavy atom. The molecule has 0 aliphatic heterocycles. The molecule has 110 valence electrons. The van der Waals surface area contributed by atoms with E-state index in [1.165, 1.54) is 0 Å². The van der Waals surface area contributed by atoms with E-state index in [4.69, 9.17) is 0 Å². The Balaban J connectivity index is 1.92. The SMILES string of the molecule is Cc1ccc(N[S+](=O)([O-])C2c3nsnc3C=CC2C)cc1. The maximum atomic E-state index is 12.7. The molecule has 2 aromatic rings. The van der Waals surface area contributed by atoms with Crippen LogP contribution < -0.4 is 4.72 Å². The zero-order valence-corrected chi connectivity index (χ0v) is 13.3. The number of sulfonamides is 1. The molecule has 7 heteroatoms. The maximum absolute atomic E-state index is 12.7. The predicted molar refractivity (Wildman–Crippen MR) is 84.5 cm³/mol. The average Bonchev–Trinajstić information content (AvgIpc) is 2.88. The van der Waals surface area contributed by atoms with Crippen molar-refractivity contribution in [1.82, 2.24) is 8.75 Å². The number of fused-ring (bicyclic) bond motifs is 1. The first-order chi connectivity index (χ1) is 9.97. The average molecular weight is 321 g/mol. The minimum Gasteiger partial charge on any atom is -0.593 e. The van der Waals surface area contributed by atoms with Crippen molar-refractivity contribution in [3.63, 3.8) is 0 Å². The number of benzene rings is 1. The molecule has 1 aromatic heterocycles. The standard InChI is InChI=1S/C14H15N3O2S2/c1-9-3-6-11(7-4-9)17-21(18,19)14-10(2)5-8-12-13(14)16-20-15-12/h3-8,10,14H,1-2H3,(H-,17,18,19). The van der Waals surface area contributed by atoms with Crippen LogP contribution in [0.4, 0.5) is 5.69 Å². The molecule has 0 spiro atoms. The van der Waals surface area contributed by atoms with Crippen molar-refractivity contribution in [2.45, 2.75) is 19.1 Å². The molecule has 0 amide bonds. The first-order valence-corrected chi connectivity index (χ1v) is 8.84. The quantitative estimate of drug-likeness (QED) is 0.881. The normalized spacial score (nSPS) is 23.4. The van der Waals surface area contributed by atoms with Crippen molar-refractivity contribution in [3.8, 4) is 0 Å². The van der Waals surface area contributed by atoms with Gasteiger partial charge in [0.25, 0.3) is 0 Å². The number of hydrogen-bond donors (Lipinski definition) is 1. The predicted octanol–water partition coefficient (Wildman–Crippen LogP) is 3.21. The van der Waals surface area contributed by atoms with Crippen LogP contribution in [0, 0.1) is 12.8 Å². The molecule has 1 aliphatic carbocycles. The molecule has 1 aromatic carbocycles. The molecule has 0 fully saturated rings. The van der Waals surface area contributed by atoms with E-state index in [2.05, 4.69) is 13.5 Å². The van der Waals surface area contributed by atoms with Crippen molar-refractivity contribution < 1.29 is 8.76 Å². The number of anilines is 1. The highest BCUT2D eigenvalue weighted by Gasteiger charge is 2.41. The van der Waals surface area contributed by atoms with Gasteiger partial charge in [-0.2, -0.15) is 8.75 Å². The summed E-state index contributed by atoms with van der Waals surface area (Å²) in [5.74, 6) is -0.149. The molecule has 1 N–H and O–H groups in total. The van der Waals surface area contributed by atoms with E-state index in [9.17, 15) is 8.76 Å². The number of aryl methyl sites for hydroxylation is 1. The molecule has 3 atom stereocenters. The topological polar surface area (TPSA) is 77.9 Å². The van der Waals surface area contributed by atoms with E-state index in [0.29, 0.717) is 17.1 Å². The van der Waals surface area contributed by atoms with E-state index in [0.717, 1.165) is 17.3 Å². The van der Waals surface area contributed by atoms with Crippen LogP contribution in [0.3, 0.4) is 0 Å². The van der Waals surface area contributed by atoms with Crippen LogP contribution in [0.1, 0.15) is 29.1 Å². The zero-order chi connectivity index (χ0) is 15.0. The van der Waals surface area contributed by atoms with Crippen LogP contribution in [0.2, 0.25) is 0 Å². The Morgan fingerprint density at radius 1 is 1.29 bits per heavy atom. The van der Waals surface area contributed by atoms with E-state index < -0.39 is 15.6 Å². The smallest absolute Gasteiger partial charge is 0.193 e. The lowest BCUT2D eigenvalue weighted by molar-refractivity contribution is 0.456. The third-order valence-corrected chi connectivity index (χ3v) is 5.89. The van der Waals surface area contributed by atoms with Gasteiger partial charge in [-0.1, -0.05) is 34.9 Å². The van der Waals surface area contributed by atoms with Gasteiger partial charge in [-0.3, -0.25) is 0 Å². The van der Waals surface area contributed by atoms with Crippen LogP contribution in [-0.2, 0) is 14.6 Å². The summed E-state index contributed by atoms with van der Waals surface area (Å²) in [5.41, 5.74) is 2.83. The second-order valence-electron chi connectivity index (χ2n) is 5.19. The van der Waals surface area contributed by atoms with Gasteiger partial charge >= 0.3 is 0 Å². The number of nitrogens with zero attached hydrogens (tertiary/aromatic N) is 2. The maximum Gasteiger partial charge on any atom is 0.193 e. The van der Waals surface area contributed by atoms with Crippen molar-refractivity contribution in [1.29, 1.82) is 0 Å². The van der Waals surface area contributed by atoms with Gasteiger partial charge in [-0.05, 0) is 25.1 Å². The van der Waals surface area contributed by atoms with Crippen molar-refractivity contribution in [2.75, 3.05) is 4.72 Å². The molecular formula is C14H15N3O2S2. The van der Waals surface area contributed by atoms with Gasteiger partial charge in [-0.25, -0.2) is 4.72 Å². The number of rotatable bonds is 3. The fourth-order valence-electron chi connectivity index (χ4n) is 2.39. The van der Waals surface area contributed by atoms with Gasteiger partial charge in [0.1, 0.15) is 11.4 Å². The molecule has 0 bridgehead atoms. The summed E-state index contributed by atoms with van der Waals surface area (Å²) >= 11 is 1.04. The lowest BCUT2D eigenvalue weighted by atomic mass is 9.98. The minimum absolute atomic E-state index is 0.149. The fraction of sp³-hybridized carbons (Fsp3) is 0.286. The summed E-state index contributed by atoms with van der Waals surface area (Å²) in [6.45, 7) is 3.83. The third kappa shape index (κ3) is 2.76. The first-order valence-electron chi connectivity index (χ1n) is 6.56. The molecule has 0 saturated heterocycles. The highest BCUT2D eigenvalue weighted by atomic mass is 32.3. The number of hydrogen-bond acceptors (Lipinski definition) is 5. The van der Waals surface area contributed by atoms with Gasteiger partial charge in [0, 0.05) is 5.92 Å². The van der Waals surface area contributed by atoms with Crippen LogP contribution in [0.5, 0.6) is 0 Å². The van der Waals surface area contributed by atoms with Crippen LogP contribution >= 0.6 is 11.7 Å². The lowest BCUT2D eigenvalue weighted by Gasteiger charge is -2.28. The first kappa shape index (κ1) is 14.4. The van der Waals surface area contributed by atoms with E-state index in [-0.39, 0.29) is 5.92 Å². The fourth-order valence-corrected chi connectivity index (χ4v) is 4.75. The Hall–Kier alpha value is -1.57. The van der Waals surface area contributed by atoms with Crippen LogP contribution in [0.15, 0.2) is 30.3 Å². The molecule has 5 nitrogen and oxygen atoms in total. The Kier molecular flexibility index (Phi) is 3.64. The Labute approximate surface area is 128 Å². The lowest BCUT2D eigenvalue weighted by Crippen LogP contribution is -2.33. The van der Waals surface area contributed by atoms with E-state index in [1.807, 2.05) is 38.1 Å². The zero-order valence-electron chi connectivity index (χ0n) is 11.6. The highest BCUT2D eigenvalue weighted by molar-refractivity contribution is 7.99. The van der Waals surface area contributed by atoms with Gasteiger partial charge in [0.2, 0.25) is 0 Å². The molecule has 3 unspecified atom stereocenters. The number of allylic oxidation sites excluding steroid dienone is 1. The monoisotopic (exact) mass is 321 g/mol. The van der Waals surface area contributed by atoms with Crippen LogP contribution in [0.25, 0.3) is 6.08 Å². The molecule has 21 heavy (non-hydrogen) atoms. The molecular weight excluding hydrogens is 306 g/mol. The Morgan fingerprint density at radius 3 is 2.71 bits per heavy atom. The highest BCUT2D eigenvalue weighted by Crippen LogP contribution is 2.39. The van der Waals surface area contributed by atoms with Gasteiger partial charge < -0.3 is 4.55 Å². The second kappa shape index (κ2) is 5.32. The third-order valence-electron chi connectivity index (χ3n) is 3.49. The van der Waals surface area contributed by atoms with Gasteiger partial charge in [0.15, 0.2) is 15.6 Å². The minimum atomic E-state index is -3.58. The van der Waals surface area contributed by atoms with E-state index >= 15 is 0 Å². The molecule has 1 aliphatic rings. The Bertz CT molecular complexity index is 724. The van der Waals surface area contributed by atoms with Crippen molar-refractivity contribution >= 4 is 33.9 Å². The van der Waals surface area contributed by atoms with Gasteiger partial charge in [-0.15, -0.1) is 0 Å². The summed E-state index contributed by atoms with van der Waals surface area (Å²) in [5, 5.41) is -0.711. The van der Waals surface area contributed by atoms with Crippen molar-refractivity contribution in [3.05, 3.63) is 47.3 Å². The molecule has 0 saturated carbocycles.